The van der Waals surface area contributed by atoms with E-state index in [9.17, 15) is 14.0 Å². The number of pyridine rings is 1. The first-order valence-electron chi connectivity index (χ1n) is 11.7. The van der Waals surface area contributed by atoms with Gasteiger partial charge in [-0.2, -0.15) is 0 Å². The van der Waals surface area contributed by atoms with Gasteiger partial charge in [-0.05, 0) is 35.4 Å². The van der Waals surface area contributed by atoms with Crippen LogP contribution in [0.1, 0.15) is 22.3 Å². The minimum absolute atomic E-state index is 0.0866. The number of halogens is 2. The smallest absolute Gasteiger partial charge is 0.251 e. The van der Waals surface area contributed by atoms with Gasteiger partial charge in [0.2, 0.25) is 12.8 Å². The van der Waals surface area contributed by atoms with E-state index in [-0.39, 0.29) is 24.6 Å². The number of nitrogens with zero attached hydrogens (tertiary/aromatic N) is 1. The zero-order valence-electron chi connectivity index (χ0n) is 20.3. The number of alkyl halides is 1. The highest BCUT2D eigenvalue weighted by Crippen LogP contribution is 2.27. The summed E-state index contributed by atoms with van der Waals surface area (Å²) in [5.41, 5.74) is 5.45. The Kier molecular flexibility index (Phi) is 8.75. The Hall–Kier alpha value is -3.47. The minimum Gasteiger partial charge on any atom is -0.463 e. The van der Waals surface area contributed by atoms with E-state index >= 15 is 0 Å². The summed E-state index contributed by atoms with van der Waals surface area (Å²) >= 11 is 3.44. The second kappa shape index (κ2) is 12.2. The minimum atomic E-state index is -1.11. The molecule has 0 fully saturated rings. The molecule has 0 radical (unpaired) electrons. The highest BCUT2D eigenvalue weighted by atomic mass is 79.9. The predicted octanol–water partition coefficient (Wildman–Crippen LogP) is 3.57. The monoisotopic (exact) mass is 570 g/mol. The van der Waals surface area contributed by atoms with Gasteiger partial charge >= 0.3 is 0 Å². The molecule has 1 unspecified atom stereocenters. The molecular formula is C27H28BrFN4O4. The Balaban J connectivity index is 1.39. The van der Waals surface area contributed by atoms with Gasteiger partial charge in [-0.1, -0.05) is 52.3 Å². The molecule has 1 aromatic heterocycles. The van der Waals surface area contributed by atoms with Crippen LogP contribution in [0.2, 0.25) is 0 Å². The van der Waals surface area contributed by atoms with Crippen molar-refractivity contribution in [2.75, 3.05) is 20.6 Å². The van der Waals surface area contributed by atoms with Gasteiger partial charge in [0.15, 0.2) is 5.54 Å². The SMILES string of the molecule is COCC1(C(=O)NCc2c(Br)cccc2OCF)C=CN(Cc2ccc(Cc3ccc[nH]c3=O)cc2)N1. The van der Waals surface area contributed by atoms with Crippen LogP contribution in [0.25, 0.3) is 0 Å². The number of ether oxygens (including phenoxy) is 2. The number of carbonyl (C=O) groups excluding carboxylic acids is 1. The van der Waals surface area contributed by atoms with E-state index in [1.54, 1.807) is 30.5 Å². The van der Waals surface area contributed by atoms with E-state index in [4.69, 9.17) is 9.47 Å². The highest BCUT2D eigenvalue weighted by Gasteiger charge is 2.41. The van der Waals surface area contributed by atoms with Crippen molar-refractivity contribution >= 4 is 21.8 Å². The lowest BCUT2D eigenvalue weighted by molar-refractivity contribution is -0.129. The van der Waals surface area contributed by atoms with Crippen LogP contribution in [-0.4, -0.2) is 42.0 Å². The van der Waals surface area contributed by atoms with Crippen LogP contribution in [-0.2, 0) is 29.0 Å². The molecule has 10 heteroatoms. The van der Waals surface area contributed by atoms with Crippen molar-refractivity contribution in [3.63, 3.8) is 0 Å². The van der Waals surface area contributed by atoms with E-state index in [0.717, 1.165) is 11.1 Å². The number of methoxy groups -OCH3 is 1. The predicted molar refractivity (Wildman–Crippen MR) is 141 cm³/mol. The van der Waals surface area contributed by atoms with Crippen LogP contribution in [0.3, 0.4) is 0 Å². The maximum Gasteiger partial charge on any atom is 0.251 e. The molecule has 1 amide bonds. The van der Waals surface area contributed by atoms with Crippen LogP contribution in [0.4, 0.5) is 4.39 Å². The first kappa shape index (κ1) is 26.6. The zero-order chi connectivity index (χ0) is 26.3. The summed E-state index contributed by atoms with van der Waals surface area (Å²) in [7, 11) is 1.53. The van der Waals surface area contributed by atoms with Gasteiger partial charge in [0.1, 0.15) is 5.75 Å². The lowest BCUT2D eigenvalue weighted by Gasteiger charge is -2.29. The van der Waals surface area contributed by atoms with E-state index in [1.165, 1.54) is 7.11 Å². The third-order valence-electron chi connectivity index (χ3n) is 6.04. The van der Waals surface area contributed by atoms with Crippen molar-refractivity contribution in [2.45, 2.75) is 25.0 Å². The Bertz CT molecular complexity index is 1310. The number of amides is 1. The summed E-state index contributed by atoms with van der Waals surface area (Å²) in [5.74, 6) is 0.0633. The molecule has 0 saturated carbocycles. The molecule has 0 saturated heterocycles. The molecule has 8 nitrogen and oxygen atoms in total. The topological polar surface area (TPSA) is 95.7 Å². The number of aromatic nitrogens is 1. The Labute approximate surface area is 222 Å². The molecule has 2 heterocycles. The number of benzene rings is 2. The first-order valence-corrected chi connectivity index (χ1v) is 12.4. The van der Waals surface area contributed by atoms with Crippen molar-refractivity contribution < 1.29 is 18.7 Å². The molecule has 194 valence electrons. The number of hydrogen-bond donors (Lipinski definition) is 3. The van der Waals surface area contributed by atoms with E-state index in [1.807, 2.05) is 47.6 Å². The summed E-state index contributed by atoms with van der Waals surface area (Å²) in [4.78, 5) is 27.9. The van der Waals surface area contributed by atoms with Crippen molar-refractivity contribution in [1.82, 2.24) is 20.7 Å². The summed E-state index contributed by atoms with van der Waals surface area (Å²) in [6, 6.07) is 16.8. The fraction of sp³-hybridized carbons (Fsp3) is 0.259. The molecule has 37 heavy (non-hydrogen) atoms. The van der Waals surface area contributed by atoms with E-state index in [2.05, 4.69) is 31.7 Å². The third kappa shape index (κ3) is 6.46. The molecule has 2 aromatic carbocycles. The average molecular weight is 571 g/mol. The molecule has 1 atom stereocenters. The summed E-state index contributed by atoms with van der Waals surface area (Å²) in [5, 5.41) is 4.73. The zero-order valence-corrected chi connectivity index (χ0v) is 21.9. The van der Waals surface area contributed by atoms with Gasteiger partial charge in [0, 0.05) is 48.1 Å². The van der Waals surface area contributed by atoms with Gasteiger partial charge in [-0.3, -0.25) is 9.59 Å². The number of rotatable bonds is 11. The van der Waals surface area contributed by atoms with Gasteiger partial charge < -0.3 is 24.8 Å². The van der Waals surface area contributed by atoms with Crippen molar-refractivity contribution in [3.8, 4) is 5.75 Å². The Morgan fingerprint density at radius 1 is 1.14 bits per heavy atom. The van der Waals surface area contributed by atoms with E-state index < -0.39 is 12.4 Å². The van der Waals surface area contributed by atoms with E-state index in [0.29, 0.717) is 34.3 Å². The maximum atomic E-state index is 13.3. The van der Waals surface area contributed by atoms with Gasteiger partial charge in [0.25, 0.3) is 5.56 Å². The molecule has 0 aliphatic carbocycles. The average Bonchev–Trinajstić information content (AvgIpc) is 3.30. The summed E-state index contributed by atoms with van der Waals surface area (Å²) in [6.45, 7) is -0.196. The molecule has 3 aromatic rings. The Morgan fingerprint density at radius 3 is 2.65 bits per heavy atom. The normalized spacial score (nSPS) is 16.7. The summed E-state index contributed by atoms with van der Waals surface area (Å²) < 4.78 is 23.9. The molecule has 0 spiro atoms. The number of H-pyrrole nitrogens is 1. The largest absolute Gasteiger partial charge is 0.463 e. The van der Waals surface area contributed by atoms with Gasteiger partial charge in [-0.25, -0.2) is 9.82 Å². The number of hydrogen-bond acceptors (Lipinski definition) is 6. The highest BCUT2D eigenvalue weighted by molar-refractivity contribution is 9.10. The molecule has 1 aliphatic heterocycles. The van der Waals surface area contributed by atoms with Crippen LogP contribution >= 0.6 is 15.9 Å². The number of nitrogens with one attached hydrogen (secondary N) is 3. The molecular weight excluding hydrogens is 543 g/mol. The Morgan fingerprint density at radius 2 is 1.92 bits per heavy atom. The van der Waals surface area contributed by atoms with Crippen LogP contribution in [0.15, 0.2) is 82.3 Å². The van der Waals surface area contributed by atoms with Crippen molar-refractivity contribution in [2.24, 2.45) is 0 Å². The number of hydrazine groups is 1. The fourth-order valence-electron chi connectivity index (χ4n) is 4.15. The summed E-state index contributed by atoms with van der Waals surface area (Å²) in [6.07, 6.45) is 5.74. The van der Waals surface area contributed by atoms with Crippen LogP contribution in [0.5, 0.6) is 5.75 Å². The van der Waals surface area contributed by atoms with Gasteiger partial charge in [-0.15, -0.1) is 0 Å². The molecule has 1 aliphatic rings. The third-order valence-corrected chi connectivity index (χ3v) is 6.78. The first-order chi connectivity index (χ1) is 17.9. The second-order valence-corrected chi connectivity index (χ2v) is 9.48. The second-order valence-electron chi connectivity index (χ2n) is 8.63. The quantitative estimate of drug-likeness (QED) is 0.326. The van der Waals surface area contributed by atoms with Crippen LogP contribution < -0.4 is 21.0 Å². The van der Waals surface area contributed by atoms with Crippen molar-refractivity contribution in [1.29, 1.82) is 0 Å². The molecule has 0 bridgehead atoms. The lowest BCUT2D eigenvalue weighted by Crippen LogP contribution is -2.59. The maximum absolute atomic E-state index is 13.3. The van der Waals surface area contributed by atoms with Crippen molar-refractivity contribution in [3.05, 3.63) is 110 Å². The van der Waals surface area contributed by atoms with Crippen LogP contribution in [0, 0.1) is 0 Å². The number of aromatic amines is 1. The molecule has 4 rings (SSSR count). The lowest BCUT2D eigenvalue weighted by atomic mass is 10.0. The number of carbonyl (C=O) groups is 1. The molecule has 3 N–H and O–H groups in total. The van der Waals surface area contributed by atoms with Gasteiger partial charge in [0.05, 0.1) is 13.2 Å². The fourth-order valence-corrected chi connectivity index (χ4v) is 4.63. The standard InChI is InChI=1S/C27H28BrFN4O4/c1-36-17-27(26(35)31-15-22-23(28)5-2-6-24(22)37-18-29)11-13-33(32-27)16-20-9-7-19(8-10-20)14-21-4-3-12-30-25(21)34/h2-13,32H,14-18H2,1H3,(H,30,34)(H,31,35).